The van der Waals surface area contributed by atoms with Crippen LogP contribution in [0.1, 0.15) is 24.5 Å². The SMILES string of the molecule is C=C(CN(C(CC)CO)S(=O)(=O)c1ccc(C)cc1)c1ccccc1. The van der Waals surface area contributed by atoms with E-state index in [4.69, 9.17) is 0 Å². The van der Waals surface area contributed by atoms with Gasteiger partial charge in [0.05, 0.1) is 11.5 Å². The standard InChI is InChI=1S/C20H25NO3S/c1-4-19(15-22)21(14-17(3)18-8-6-5-7-9-18)25(23,24)20-12-10-16(2)11-13-20/h5-13,19,22H,3-4,14-15H2,1-2H3. The Morgan fingerprint density at radius 1 is 1.12 bits per heavy atom. The van der Waals surface area contributed by atoms with E-state index >= 15 is 0 Å². The monoisotopic (exact) mass is 359 g/mol. The molecule has 5 heteroatoms. The van der Waals surface area contributed by atoms with Gasteiger partial charge in [-0.2, -0.15) is 4.31 Å². The van der Waals surface area contributed by atoms with Crippen molar-refractivity contribution in [1.82, 2.24) is 4.31 Å². The van der Waals surface area contributed by atoms with Crippen LogP contribution < -0.4 is 0 Å². The molecule has 0 aliphatic heterocycles. The summed E-state index contributed by atoms with van der Waals surface area (Å²) in [6.45, 7) is 7.73. The van der Waals surface area contributed by atoms with E-state index in [1.165, 1.54) is 4.31 Å². The Hall–Kier alpha value is -1.95. The molecule has 0 aromatic heterocycles. The minimum absolute atomic E-state index is 0.138. The molecule has 0 saturated carbocycles. The summed E-state index contributed by atoms with van der Waals surface area (Å²) in [5, 5.41) is 9.70. The molecule has 0 aliphatic carbocycles. The van der Waals surface area contributed by atoms with E-state index in [1.54, 1.807) is 24.3 Å². The molecule has 2 rings (SSSR count). The molecule has 0 heterocycles. The summed E-state index contributed by atoms with van der Waals surface area (Å²) >= 11 is 0. The molecular formula is C20H25NO3S. The highest BCUT2D eigenvalue weighted by Gasteiger charge is 2.30. The van der Waals surface area contributed by atoms with E-state index in [2.05, 4.69) is 6.58 Å². The molecule has 0 amide bonds. The Kier molecular flexibility index (Phi) is 6.53. The summed E-state index contributed by atoms with van der Waals surface area (Å²) in [6.07, 6.45) is 0.518. The van der Waals surface area contributed by atoms with Gasteiger partial charge >= 0.3 is 0 Å². The largest absolute Gasteiger partial charge is 0.395 e. The van der Waals surface area contributed by atoms with Crippen molar-refractivity contribution in [1.29, 1.82) is 0 Å². The zero-order valence-electron chi connectivity index (χ0n) is 14.7. The van der Waals surface area contributed by atoms with Crippen LogP contribution in [-0.4, -0.2) is 37.0 Å². The number of rotatable bonds is 8. The van der Waals surface area contributed by atoms with E-state index in [9.17, 15) is 13.5 Å². The maximum absolute atomic E-state index is 13.1. The maximum Gasteiger partial charge on any atom is 0.243 e. The molecule has 0 spiro atoms. The molecule has 0 radical (unpaired) electrons. The van der Waals surface area contributed by atoms with Crippen LogP contribution >= 0.6 is 0 Å². The van der Waals surface area contributed by atoms with Gasteiger partial charge in [0.15, 0.2) is 0 Å². The zero-order valence-corrected chi connectivity index (χ0v) is 15.5. The average Bonchev–Trinajstić information content (AvgIpc) is 2.62. The number of sulfonamides is 1. The fraction of sp³-hybridized carbons (Fsp3) is 0.300. The number of aliphatic hydroxyl groups excluding tert-OH is 1. The summed E-state index contributed by atoms with van der Waals surface area (Å²) in [4.78, 5) is 0.228. The second-order valence-corrected chi connectivity index (χ2v) is 7.97. The van der Waals surface area contributed by atoms with Crippen LogP contribution in [0.3, 0.4) is 0 Å². The third-order valence-corrected chi connectivity index (χ3v) is 6.16. The number of nitrogens with zero attached hydrogens (tertiary/aromatic N) is 1. The number of hydrogen-bond donors (Lipinski definition) is 1. The lowest BCUT2D eigenvalue weighted by Crippen LogP contribution is -2.43. The molecule has 0 saturated heterocycles. The van der Waals surface area contributed by atoms with Gasteiger partial charge in [-0.05, 0) is 36.6 Å². The summed E-state index contributed by atoms with van der Waals surface area (Å²) in [6, 6.07) is 15.8. The van der Waals surface area contributed by atoms with Crippen molar-refractivity contribution in [3.05, 3.63) is 72.3 Å². The average molecular weight is 359 g/mol. The number of aryl methyl sites for hydroxylation is 1. The first kappa shape index (κ1) is 19.4. The second kappa shape index (κ2) is 8.43. The van der Waals surface area contributed by atoms with E-state index in [-0.39, 0.29) is 18.0 Å². The first-order valence-electron chi connectivity index (χ1n) is 8.32. The summed E-state index contributed by atoms with van der Waals surface area (Å²) in [7, 11) is -3.73. The van der Waals surface area contributed by atoms with Crippen LogP contribution in [0.5, 0.6) is 0 Å². The van der Waals surface area contributed by atoms with Crippen molar-refractivity contribution >= 4 is 15.6 Å². The Balaban J connectivity index is 2.38. The summed E-state index contributed by atoms with van der Waals surface area (Å²) < 4.78 is 27.6. The van der Waals surface area contributed by atoms with Crippen molar-refractivity contribution < 1.29 is 13.5 Å². The zero-order chi connectivity index (χ0) is 18.4. The van der Waals surface area contributed by atoms with Crippen molar-refractivity contribution in [3.8, 4) is 0 Å². The molecule has 1 N–H and O–H groups in total. The fourth-order valence-corrected chi connectivity index (χ4v) is 4.32. The molecule has 2 aromatic rings. The minimum Gasteiger partial charge on any atom is -0.395 e. The van der Waals surface area contributed by atoms with Crippen molar-refractivity contribution in [2.45, 2.75) is 31.2 Å². The Morgan fingerprint density at radius 3 is 2.24 bits per heavy atom. The van der Waals surface area contributed by atoms with Gasteiger partial charge in [-0.15, -0.1) is 0 Å². The highest BCUT2D eigenvalue weighted by molar-refractivity contribution is 7.89. The van der Waals surface area contributed by atoms with Crippen molar-refractivity contribution in [3.63, 3.8) is 0 Å². The van der Waals surface area contributed by atoms with Gasteiger partial charge in [0, 0.05) is 12.6 Å². The molecular weight excluding hydrogens is 334 g/mol. The number of benzene rings is 2. The summed E-state index contributed by atoms with van der Waals surface area (Å²) in [5.41, 5.74) is 2.58. The molecule has 4 nitrogen and oxygen atoms in total. The first-order chi connectivity index (χ1) is 11.9. The van der Waals surface area contributed by atoms with Gasteiger partial charge in [0.25, 0.3) is 0 Å². The van der Waals surface area contributed by atoms with Crippen molar-refractivity contribution in [2.24, 2.45) is 0 Å². The highest BCUT2D eigenvalue weighted by Crippen LogP contribution is 2.24. The predicted molar refractivity (Wildman–Crippen MR) is 102 cm³/mol. The molecule has 1 atom stereocenters. The van der Waals surface area contributed by atoms with Crippen LogP contribution in [0, 0.1) is 6.92 Å². The Morgan fingerprint density at radius 2 is 1.72 bits per heavy atom. The van der Waals surface area contributed by atoms with Crippen LogP contribution in [-0.2, 0) is 10.0 Å². The maximum atomic E-state index is 13.1. The molecule has 0 fully saturated rings. The Bertz CT molecular complexity index is 795. The van der Waals surface area contributed by atoms with E-state index < -0.39 is 16.1 Å². The topological polar surface area (TPSA) is 57.6 Å². The van der Waals surface area contributed by atoms with Gasteiger partial charge < -0.3 is 5.11 Å². The summed E-state index contributed by atoms with van der Waals surface area (Å²) in [5.74, 6) is 0. The lowest BCUT2D eigenvalue weighted by molar-refractivity contribution is 0.191. The third kappa shape index (κ3) is 4.57. The van der Waals surface area contributed by atoms with Crippen LogP contribution in [0.2, 0.25) is 0 Å². The van der Waals surface area contributed by atoms with Gasteiger partial charge in [0.2, 0.25) is 10.0 Å². The smallest absolute Gasteiger partial charge is 0.243 e. The van der Waals surface area contributed by atoms with E-state index in [0.29, 0.717) is 12.0 Å². The normalized spacial score (nSPS) is 13.0. The lowest BCUT2D eigenvalue weighted by Gasteiger charge is -2.30. The Labute approximate surface area is 150 Å². The fourth-order valence-electron chi connectivity index (χ4n) is 2.63. The number of aliphatic hydroxyl groups is 1. The quantitative estimate of drug-likeness (QED) is 0.785. The molecule has 0 aliphatic rings. The predicted octanol–water partition coefficient (Wildman–Crippen LogP) is 3.47. The van der Waals surface area contributed by atoms with Crippen LogP contribution in [0.25, 0.3) is 5.57 Å². The molecule has 25 heavy (non-hydrogen) atoms. The molecule has 1 unspecified atom stereocenters. The van der Waals surface area contributed by atoms with Gasteiger partial charge in [0.1, 0.15) is 0 Å². The molecule has 2 aromatic carbocycles. The van der Waals surface area contributed by atoms with Crippen LogP contribution in [0.4, 0.5) is 0 Å². The lowest BCUT2D eigenvalue weighted by atomic mass is 10.1. The first-order valence-corrected chi connectivity index (χ1v) is 9.76. The second-order valence-electron chi connectivity index (χ2n) is 6.08. The minimum atomic E-state index is -3.73. The van der Waals surface area contributed by atoms with Gasteiger partial charge in [-0.1, -0.05) is 61.5 Å². The van der Waals surface area contributed by atoms with Gasteiger partial charge in [-0.3, -0.25) is 0 Å². The van der Waals surface area contributed by atoms with E-state index in [0.717, 1.165) is 11.1 Å². The molecule has 0 bridgehead atoms. The van der Waals surface area contributed by atoms with Crippen molar-refractivity contribution in [2.75, 3.05) is 13.2 Å². The van der Waals surface area contributed by atoms with Crippen LogP contribution in [0.15, 0.2) is 66.1 Å². The number of hydrogen-bond acceptors (Lipinski definition) is 3. The van der Waals surface area contributed by atoms with Gasteiger partial charge in [-0.25, -0.2) is 8.42 Å². The van der Waals surface area contributed by atoms with E-state index in [1.807, 2.05) is 44.2 Å². The molecule has 134 valence electrons. The highest BCUT2D eigenvalue weighted by atomic mass is 32.2. The third-order valence-electron chi connectivity index (χ3n) is 4.25.